The van der Waals surface area contributed by atoms with Gasteiger partial charge in [-0.15, -0.1) is 0 Å². The normalized spacial score (nSPS) is 12.7. The van der Waals surface area contributed by atoms with E-state index in [1.54, 1.807) is 23.9 Å². The van der Waals surface area contributed by atoms with E-state index in [1.165, 1.54) is 6.07 Å². The van der Waals surface area contributed by atoms with Crippen molar-refractivity contribution < 1.29 is 9.50 Å². The maximum Gasteiger partial charge on any atom is 0.130 e. The maximum atomic E-state index is 13.8. The Hall–Kier alpha value is -0.720. The number of halogens is 3. The van der Waals surface area contributed by atoms with Crippen LogP contribution in [0.2, 0.25) is 0 Å². The van der Waals surface area contributed by atoms with E-state index in [0.29, 0.717) is 10.9 Å². The summed E-state index contributed by atoms with van der Waals surface area (Å²) in [5.74, 6) is -0.420. The molecular formula is C13H13Br2FN2O. The molecule has 2 rings (SSSR count). The molecule has 102 valence electrons. The Bertz CT molecular complexity index is 613. The number of hydrogen-bond acceptors (Lipinski definition) is 2. The molecule has 0 spiro atoms. The van der Waals surface area contributed by atoms with Gasteiger partial charge in [-0.2, -0.15) is 5.10 Å². The Morgan fingerprint density at radius 2 is 2.11 bits per heavy atom. The molecule has 0 amide bonds. The van der Waals surface area contributed by atoms with Crippen LogP contribution in [0.4, 0.5) is 4.39 Å². The highest BCUT2D eigenvalue weighted by Crippen LogP contribution is 2.28. The fraction of sp³-hybridized carbons (Fsp3) is 0.308. The first-order valence-corrected chi connectivity index (χ1v) is 7.29. The van der Waals surface area contributed by atoms with Crippen LogP contribution in [0.5, 0.6) is 0 Å². The second kappa shape index (κ2) is 5.73. The van der Waals surface area contributed by atoms with Gasteiger partial charge in [-0.1, -0.05) is 22.0 Å². The van der Waals surface area contributed by atoms with Crippen molar-refractivity contribution in [3.63, 3.8) is 0 Å². The summed E-state index contributed by atoms with van der Waals surface area (Å²) < 4.78 is 17.0. The zero-order chi connectivity index (χ0) is 14.2. The molecule has 1 unspecified atom stereocenters. The number of rotatable bonds is 3. The molecule has 0 radical (unpaired) electrons. The van der Waals surface area contributed by atoms with Crippen molar-refractivity contribution in [2.45, 2.75) is 19.4 Å². The summed E-state index contributed by atoms with van der Waals surface area (Å²) in [5, 5.41) is 14.4. The quantitative estimate of drug-likeness (QED) is 0.866. The number of hydrogen-bond donors (Lipinski definition) is 1. The molecule has 0 saturated heterocycles. The smallest absolute Gasteiger partial charge is 0.130 e. The minimum absolute atomic E-state index is 0.286. The second-order valence-corrected chi connectivity index (χ2v) is 6.06. The molecule has 0 aliphatic heterocycles. The molecule has 19 heavy (non-hydrogen) atoms. The lowest BCUT2D eigenvalue weighted by atomic mass is 10.0. The van der Waals surface area contributed by atoms with Gasteiger partial charge in [-0.05, 0) is 35.0 Å². The summed E-state index contributed by atoms with van der Waals surface area (Å²) in [5.41, 5.74) is 1.97. The fourth-order valence-electron chi connectivity index (χ4n) is 1.97. The molecule has 0 fully saturated rings. The standard InChI is InChI=1S/C13H13Br2FN2O/c1-7-13(15)11(18(2)17-7)6-12(19)9-4-3-8(14)5-10(9)16/h3-5,12,19H,6H2,1-2H3. The van der Waals surface area contributed by atoms with E-state index < -0.39 is 11.9 Å². The van der Waals surface area contributed by atoms with Gasteiger partial charge in [-0.25, -0.2) is 4.39 Å². The highest BCUT2D eigenvalue weighted by molar-refractivity contribution is 9.10. The summed E-state index contributed by atoms with van der Waals surface area (Å²) in [6.45, 7) is 1.88. The summed E-state index contributed by atoms with van der Waals surface area (Å²) >= 11 is 6.63. The van der Waals surface area contributed by atoms with Crippen LogP contribution >= 0.6 is 31.9 Å². The first kappa shape index (κ1) is 14.7. The summed E-state index contributed by atoms with van der Waals surface area (Å²) in [6, 6.07) is 4.65. The number of aliphatic hydroxyl groups excluding tert-OH is 1. The van der Waals surface area contributed by atoms with E-state index in [1.807, 2.05) is 6.92 Å². The molecule has 0 aliphatic carbocycles. The Morgan fingerprint density at radius 1 is 1.42 bits per heavy atom. The van der Waals surface area contributed by atoms with Gasteiger partial charge in [0.2, 0.25) is 0 Å². The summed E-state index contributed by atoms with van der Waals surface area (Å²) in [4.78, 5) is 0. The van der Waals surface area contributed by atoms with Crippen LogP contribution in [0.3, 0.4) is 0 Å². The number of benzene rings is 1. The van der Waals surface area contributed by atoms with Crippen LogP contribution < -0.4 is 0 Å². The first-order valence-electron chi connectivity index (χ1n) is 5.71. The molecule has 0 saturated carbocycles. The van der Waals surface area contributed by atoms with Crippen molar-refractivity contribution in [1.29, 1.82) is 0 Å². The number of aryl methyl sites for hydroxylation is 2. The lowest BCUT2D eigenvalue weighted by molar-refractivity contribution is 0.171. The Kier molecular flexibility index (Phi) is 4.43. The minimum Gasteiger partial charge on any atom is -0.388 e. The molecule has 1 heterocycles. The molecule has 1 N–H and O–H groups in total. The predicted molar refractivity (Wildman–Crippen MR) is 78.4 cm³/mol. The average molecular weight is 392 g/mol. The van der Waals surface area contributed by atoms with Gasteiger partial charge in [0.05, 0.1) is 22.0 Å². The third-order valence-electron chi connectivity index (χ3n) is 2.97. The summed E-state index contributed by atoms with van der Waals surface area (Å²) in [6.07, 6.45) is -0.601. The van der Waals surface area contributed by atoms with E-state index in [9.17, 15) is 9.50 Å². The minimum atomic E-state index is -0.904. The zero-order valence-corrected chi connectivity index (χ0v) is 13.7. The van der Waals surface area contributed by atoms with Gasteiger partial charge in [0.1, 0.15) is 5.82 Å². The largest absolute Gasteiger partial charge is 0.388 e. The zero-order valence-electron chi connectivity index (χ0n) is 10.5. The highest BCUT2D eigenvalue weighted by atomic mass is 79.9. The van der Waals surface area contributed by atoms with Gasteiger partial charge in [0.25, 0.3) is 0 Å². The second-order valence-electron chi connectivity index (χ2n) is 4.36. The summed E-state index contributed by atoms with van der Waals surface area (Å²) in [7, 11) is 1.80. The predicted octanol–water partition coefficient (Wildman–Crippen LogP) is 3.67. The van der Waals surface area contributed by atoms with Crippen molar-refractivity contribution in [3.05, 3.63) is 49.9 Å². The maximum absolute atomic E-state index is 13.8. The topological polar surface area (TPSA) is 38.0 Å². The van der Waals surface area contributed by atoms with Crippen molar-refractivity contribution >= 4 is 31.9 Å². The number of aromatic nitrogens is 2. The molecule has 1 atom stereocenters. The molecule has 1 aromatic carbocycles. The molecule has 6 heteroatoms. The van der Waals surface area contributed by atoms with Crippen LogP contribution in [-0.2, 0) is 13.5 Å². The van der Waals surface area contributed by atoms with Gasteiger partial charge in [0, 0.05) is 23.5 Å². The van der Waals surface area contributed by atoms with E-state index in [2.05, 4.69) is 37.0 Å². The number of nitrogens with zero attached hydrogens (tertiary/aromatic N) is 2. The Morgan fingerprint density at radius 3 is 2.63 bits per heavy atom. The van der Waals surface area contributed by atoms with Crippen molar-refractivity contribution in [2.24, 2.45) is 7.05 Å². The van der Waals surface area contributed by atoms with E-state index in [4.69, 9.17) is 0 Å². The van der Waals surface area contributed by atoms with E-state index in [-0.39, 0.29) is 5.56 Å². The van der Waals surface area contributed by atoms with Crippen molar-refractivity contribution in [3.8, 4) is 0 Å². The van der Waals surface area contributed by atoms with Crippen LogP contribution in [0.25, 0.3) is 0 Å². The third-order valence-corrected chi connectivity index (χ3v) is 4.49. The monoisotopic (exact) mass is 390 g/mol. The van der Waals surface area contributed by atoms with Crippen LogP contribution in [0.15, 0.2) is 27.1 Å². The molecule has 0 aliphatic rings. The third kappa shape index (κ3) is 3.07. The van der Waals surface area contributed by atoms with Crippen LogP contribution in [0, 0.1) is 12.7 Å². The Balaban J connectivity index is 2.28. The van der Waals surface area contributed by atoms with Gasteiger partial charge in [-0.3, -0.25) is 4.68 Å². The van der Waals surface area contributed by atoms with Gasteiger partial charge < -0.3 is 5.11 Å². The van der Waals surface area contributed by atoms with Crippen molar-refractivity contribution in [1.82, 2.24) is 9.78 Å². The van der Waals surface area contributed by atoms with Crippen LogP contribution in [-0.4, -0.2) is 14.9 Å². The average Bonchev–Trinajstić information content (AvgIpc) is 2.56. The van der Waals surface area contributed by atoms with Gasteiger partial charge >= 0.3 is 0 Å². The van der Waals surface area contributed by atoms with Crippen molar-refractivity contribution in [2.75, 3.05) is 0 Å². The van der Waals surface area contributed by atoms with E-state index in [0.717, 1.165) is 15.9 Å². The molecule has 3 nitrogen and oxygen atoms in total. The number of aliphatic hydroxyl groups is 1. The Labute approximate surface area is 127 Å². The van der Waals surface area contributed by atoms with E-state index >= 15 is 0 Å². The SMILES string of the molecule is Cc1nn(C)c(CC(O)c2ccc(Br)cc2F)c1Br. The lowest BCUT2D eigenvalue weighted by Crippen LogP contribution is -2.08. The molecular weight excluding hydrogens is 379 g/mol. The highest BCUT2D eigenvalue weighted by Gasteiger charge is 2.18. The van der Waals surface area contributed by atoms with Gasteiger partial charge in [0.15, 0.2) is 0 Å². The lowest BCUT2D eigenvalue weighted by Gasteiger charge is -2.13. The molecule has 2 aromatic rings. The van der Waals surface area contributed by atoms with Crippen LogP contribution in [0.1, 0.15) is 23.1 Å². The fourth-order valence-corrected chi connectivity index (χ4v) is 2.80. The molecule has 0 bridgehead atoms. The molecule has 1 aromatic heterocycles. The first-order chi connectivity index (χ1) is 8.90.